The molecule has 10 heteroatoms. The number of aryl methyl sites for hydroxylation is 2. The van der Waals surface area contributed by atoms with Crippen molar-refractivity contribution in [3.63, 3.8) is 0 Å². The molecule has 158 valence electrons. The number of nitrogens with zero attached hydrogens (tertiary/aromatic N) is 3. The van der Waals surface area contributed by atoms with Crippen LogP contribution >= 0.6 is 11.6 Å². The maximum atomic E-state index is 12.4. The number of hydrogen-bond acceptors (Lipinski definition) is 6. The molecule has 0 atom stereocenters. The summed E-state index contributed by atoms with van der Waals surface area (Å²) in [6, 6.07) is 12.5. The highest BCUT2D eigenvalue weighted by Gasteiger charge is 2.23. The molecule has 2 aromatic carbocycles. The summed E-state index contributed by atoms with van der Waals surface area (Å²) in [5.41, 5.74) is 2.89. The molecular weight excluding hydrogens is 428 g/mol. The number of hydrogen-bond donors (Lipinski definition) is 1. The molecule has 1 N–H and O–H groups in total. The Kier molecular flexibility index (Phi) is 6.42. The monoisotopic (exact) mass is 448 g/mol. The average molecular weight is 449 g/mol. The summed E-state index contributed by atoms with van der Waals surface area (Å²) in [6.45, 7) is 3.27. The molecule has 3 aromatic rings. The van der Waals surface area contributed by atoms with Crippen LogP contribution in [0.3, 0.4) is 0 Å². The number of aromatic nitrogens is 2. The third kappa shape index (κ3) is 5.37. The molecule has 0 radical (unpaired) electrons. The maximum absolute atomic E-state index is 12.4. The van der Waals surface area contributed by atoms with Gasteiger partial charge in [0.15, 0.2) is 0 Å². The third-order valence-corrected chi connectivity index (χ3v) is 5.67. The number of amides is 1. The summed E-state index contributed by atoms with van der Waals surface area (Å²) in [6.07, 6.45) is 1.03. The lowest BCUT2D eigenvalue weighted by molar-refractivity contribution is -0.119. The van der Waals surface area contributed by atoms with E-state index in [-0.39, 0.29) is 12.4 Å². The smallest absolute Gasteiger partial charge is 0.246 e. The van der Waals surface area contributed by atoms with Gasteiger partial charge in [0.2, 0.25) is 27.6 Å². The number of anilines is 1. The number of carbonyl (C=O) groups excluding carboxylic acids is 1. The van der Waals surface area contributed by atoms with Crippen LogP contribution in [0.15, 0.2) is 47.0 Å². The minimum absolute atomic E-state index is 0.0240. The van der Waals surface area contributed by atoms with Gasteiger partial charge in [-0.05, 0) is 37.6 Å². The Hall–Kier alpha value is -2.91. The topological polar surface area (TPSA) is 105 Å². The van der Waals surface area contributed by atoms with Crippen molar-refractivity contribution >= 4 is 33.2 Å². The van der Waals surface area contributed by atoms with Crippen molar-refractivity contribution in [2.75, 3.05) is 17.1 Å². The van der Waals surface area contributed by atoms with Gasteiger partial charge in [0.1, 0.15) is 6.54 Å². The molecule has 1 heterocycles. The average Bonchev–Trinajstić information content (AvgIpc) is 3.15. The highest BCUT2D eigenvalue weighted by molar-refractivity contribution is 7.92. The second-order valence-electron chi connectivity index (χ2n) is 6.86. The van der Waals surface area contributed by atoms with E-state index in [4.69, 9.17) is 16.1 Å². The first-order chi connectivity index (χ1) is 14.1. The zero-order valence-corrected chi connectivity index (χ0v) is 18.3. The Morgan fingerprint density at radius 1 is 1.20 bits per heavy atom. The predicted octanol–water partition coefficient (Wildman–Crippen LogP) is 3.09. The Labute approximate surface area is 179 Å². The van der Waals surface area contributed by atoms with E-state index in [2.05, 4.69) is 15.5 Å². The second-order valence-corrected chi connectivity index (χ2v) is 9.20. The zero-order valence-electron chi connectivity index (χ0n) is 16.7. The normalized spacial score (nSPS) is 11.3. The van der Waals surface area contributed by atoms with Crippen molar-refractivity contribution in [1.29, 1.82) is 0 Å². The summed E-state index contributed by atoms with van der Waals surface area (Å²) in [5.74, 6) is 0.107. The Bertz CT molecular complexity index is 1180. The highest BCUT2D eigenvalue weighted by Crippen LogP contribution is 2.26. The molecule has 8 nitrogen and oxygen atoms in total. The van der Waals surface area contributed by atoms with Crippen LogP contribution in [0.5, 0.6) is 0 Å². The molecular formula is C20H21ClN4O4S. The van der Waals surface area contributed by atoms with Gasteiger partial charge in [-0.25, -0.2) is 8.42 Å². The van der Waals surface area contributed by atoms with Gasteiger partial charge in [-0.3, -0.25) is 9.10 Å². The van der Waals surface area contributed by atoms with Gasteiger partial charge in [-0.15, -0.1) is 0 Å². The Morgan fingerprint density at radius 2 is 1.97 bits per heavy atom. The highest BCUT2D eigenvalue weighted by atomic mass is 35.5. The molecule has 0 aliphatic rings. The number of halogens is 1. The molecule has 0 saturated heterocycles. The van der Waals surface area contributed by atoms with Crippen LogP contribution in [0.25, 0.3) is 11.4 Å². The van der Waals surface area contributed by atoms with E-state index in [9.17, 15) is 13.2 Å². The molecule has 0 aliphatic carbocycles. The van der Waals surface area contributed by atoms with Crippen LogP contribution in [0.4, 0.5) is 5.69 Å². The fourth-order valence-electron chi connectivity index (χ4n) is 2.82. The van der Waals surface area contributed by atoms with Crippen molar-refractivity contribution < 1.29 is 17.7 Å². The zero-order chi connectivity index (χ0) is 21.9. The van der Waals surface area contributed by atoms with E-state index in [1.807, 2.05) is 31.2 Å². The standard InChI is InChI=1S/C20H21ClN4O4S/c1-13-5-4-6-15(9-13)20-23-19(29-24-20)11-22-18(26)12-25(30(3,27)28)17-10-16(21)8-7-14(17)2/h4-10H,11-12H2,1-3H3,(H,22,26). The van der Waals surface area contributed by atoms with E-state index in [0.717, 1.165) is 21.7 Å². The van der Waals surface area contributed by atoms with Gasteiger partial charge in [0.05, 0.1) is 18.5 Å². The van der Waals surface area contributed by atoms with Gasteiger partial charge in [0.25, 0.3) is 0 Å². The van der Waals surface area contributed by atoms with Crippen molar-refractivity contribution in [3.05, 3.63) is 64.5 Å². The lowest BCUT2D eigenvalue weighted by Crippen LogP contribution is -2.40. The number of rotatable bonds is 7. The fourth-order valence-corrected chi connectivity index (χ4v) is 3.89. The third-order valence-electron chi connectivity index (χ3n) is 4.31. The quantitative estimate of drug-likeness (QED) is 0.595. The minimum atomic E-state index is -3.71. The van der Waals surface area contributed by atoms with Crippen LogP contribution in [-0.4, -0.2) is 37.3 Å². The van der Waals surface area contributed by atoms with E-state index >= 15 is 0 Å². The first-order valence-electron chi connectivity index (χ1n) is 9.03. The molecule has 0 spiro atoms. The fraction of sp³-hybridized carbons (Fsp3) is 0.250. The van der Waals surface area contributed by atoms with Gasteiger partial charge in [-0.1, -0.05) is 46.6 Å². The lowest BCUT2D eigenvalue weighted by Gasteiger charge is -2.23. The van der Waals surface area contributed by atoms with Crippen molar-refractivity contribution in [2.24, 2.45) is 0 Å². The van der Waals surface area contributed by atoms with Crippen LogP contribution in [0.2, 0.25) is 5.02 Å². The summed E-state index contributed by atoms with van der Waals surface area (Å²) >= 11 is 6.00. The van der Waals surface area contributed by atoms with Crippen LogP contribution < -0.4 is 9.62 Å². The molecule has 1 amide bonds. The van der Waals surface area contributed by atoms with Crippen LogP contribution in [-0.2, 0) is 21.4 Å². The van der Waals surface area contributed by atoms with Crippen molar-refractivity contribution in [3.8, 4) is 11.4 Å². The summed E-state index contributed by atoms with van der Waals surface area (Å²) in [5, 5.41) is 6.90. The molecule has 30 heavy (non-hydrogen) atoms. The largest absolute Gasteiger partial charge is 0.345 e. The van der Waals surface area contributed by atoms with Crippen molar-refractivity contribution in [1.82, 2.24) is 15.5 Å². The van der Waals surface area contributed by atoms with Crippen LogP contribution in [0.1, 0.15) is 17.0 Å². The molecule has 0 unspecified atom stereocenters. The summed E-state index contributed by atoms with van der Waals surface area (Å²) in [7, 11) is -3.71. The first-order valence-corrected chi connectivity index (χ1v) is 11.3. The minimum Gasteiger partial charge on any atom is -0.345 e. The maximum Gasteiger partial charge on any atom is 0.246 e. The second kappa shape index (κ2) is 8.85. The Balaban J connectivity index is 1.69. The molecule has 3 rings (SSSR count). The van der Waals surface area contributed by atoms with Gasteiger partial charge < -0.3 is 9.84 Å². The van der Waals surface area contributed by atoms with Gasteiger partial charge in [0, 0.05) is 10.6 Å². The van der Waals surface area contributed by atoms with Gasteiger partial charge >= 0.3 is 0 Å². The predicted molar refractivity (Wildman–Crippen MR) is 115 cm³/mol. The molecule has 0 saturated carbocycles. The SMILES string of the molecule is Cc1cccc(-c2noc(CNC(=O)CN(c3cc(Cl)ccc3C)S(C)(=O)=O)n2)c1. The molecule has 0 aliphatic heterocycles. The van der Waals surface area contributed by atoms with E-state index in [1.54, 1.807) is 19.1 Å². The van der Waals surface area contributed by atoms with Crippen LogP contribution in [0, 0.1) is 13.8 Å². The number of carbonyl (C=O) groups is 1. The molecule has 0 fully saturated rings. The first kappa shape index (κ1) is 21.8. The van der Waals surface area contributed by atoms with E-state index in [0.29, 0.717) is 22.1 Å². The number of sulfonamides is 1. The number of nitrogens with one attached hydrogen (secondary N) is 1. The molecule has 0 bridgehead atoms. The van der Waals surface area contributed by atoms with E-state index in [1.165, 1.54) is 6.07 Å². The van der Waals surface area contributed by atoms with Crippen molar-refractivity contribution in [2.45, 2.75) is 20.4 Å². The summed E-state index contributed by atoms with van der Waals surface area (Å²) < 4.78 is 30.7. The number of benzene rings is 2. The molecule has 1 aromatic heterocycles. The summed E-state index contributed by atoms with van der Waals surface area (Å²) in [4.78, 5) is 16.7. The van der Waals surface area contributed by atoms with E-state index < -0.39 is 22.5 Å². The van der Waals surface area contributed by atoms with Gasteiger partial charge in [-0.2, -0.15) is 4.98 Å². The lowest BCUT2D eigenvalue weighted by atomic mass is 10.1. The Morgan fingerprint density at radius 3 is 2.67 bits per heavy atom.